The fourth-order valence-electron chi connectivity index (χ4n) is 3.74. The van der Waals surface area contributed by atoms with E-state index in [9.17, 15) is 9.59 Å². The number of aromatic nitrogens is 5. The van der Waals surface area contributed by atoms with Crippen molar-refractivity contribution in [2.75, 3.05) is 0 Å². The van der Waals surface area contributed by atoms with Crippen molar-refractivity contribution in [2.45, 2.75) is 46.3 Å². The van der Waals surface area contributed by atoms with Crippen molar-refractivity contribution in [2.24, 2.45) is 5.92 Å². The van der Waals surface area contributed by atoms with Gasteiger partial charge in [0.25, 0.3) is 0 Å². The summed E-state index contributed by atoms with van der Waals surface area (Å²) in [6.07, 6.45) is 3.48. The number of imidazole rings is 1. The zero-order chi connectivity index (χ0) is 22.7. The van der Waals surface area contributed by atoms with Gasteiger partial charge in [0.1, 0.15) is 6.04 Å². The number of hydrogen-bond donors (Lipinski definition) is 1. The smallest absolute Gasteiger partial charge is 0.329 e. The second-order valence-corrected chi connectivity index (χ2v) is 7.90. The highest BCUT2D eigenvalue weighted by atomic mass is 16.5. The first-order valence-electron chi connectivity index (χ1n) is 10.7. The zero-order valence-electron chi connectivity index (χ0n) is 18.4. The molecule has 3 heterocycles. The molecule has 166 valence electrons. The lowest BCUT2D eigenvalue weighted by atomic mass is 10.0. The van der Waals surface area contributed by atoms with E-state index >= 15 is 0 Å². The molecule has 0 bridgehead atoms. The molecule has 1 N–H and O–H groups in total. The van der Waals surface area contributed by atoms with Gasteiger partial charge in [-0.05, 0) is 37.1 Å². The summed E-state index contributed by atoms with van der Waals surface area (Å²) in [5, 5.41) is 7.01. The van der Waals surface area contributed by atoms with Crippen LogP contribution in [0.3, 0.4) is 0 Å². The highest BCUT2D eigenvalue weighted by Gasteiger charge is 2.25. The van der Waals surface area contributed by atoms with Gasteiger partial charge in [-0.1, -0.05) is 31.1 Å². The van der Waals surface area contributed by atoms with E-state index in [0.29, 0.717) is 18.3 Å². The molecule has 0 spiro atoms. The number of amides is 1. The SMILES string of the molecule is CCn1c(=O)n(CCC(=O)N[C@H](c2nc(-c3cccnc3)no2)C(C)C)c2ccccc21. The molecule has 0 fully saturated rings. The van der Waals surface area contributed by atoms with Gasteiger partial charge in [-0.2, -0.15) is 4.98 Å². The van der Waals surface area contributed by atoms with Gasteiger partial charge >= 0.3 is 5.69 Å². The second kappa shape index (κ2) is 9.17. The third-order valence-electron chi connectivity index (χ3n) is 5.41. The molecule has 4 rings (SSSR count). The first-order chi connectivity index (χ1) is 15.5. The van der Waals surface area contributed by atoms with Crippen LogP contribution in [0.4, 0.5) is 0 Å². The zero-order valence-corrected chi connectivity index (χ0v) is 18.4. The Labute approximate surface area is 185 Å². The lowest BCUT2D eigenvalue weighted by Gasteiger charge is -2.18. The van der Waals surface area contributed by atoms with Crippen LogP contribution in [0.5, 0.6) is 0 Å². The first kappa shape index (κ1) is 21.5. The second-order valence-electron chi connectivity index (χ2n) is 7.90. The summed E-state index contributed by atoms with van der Waals surface area (Å²) in [4.78, 5) is 34.1. The quantitative estimate of drug-likeness (QED) is 0.456. The first-order valence-corrected chi connectivity index (χ1v) is 10.7. The molecule has 32 heavy (non-hydrogen) atoms. The van der Waals surface area contributed by atoms with Gasteiger partial charge in [0.15, 0.2) is 0 Å². The van der Waals surface area contributed by atoms with Crippen molar-refractivity contribution in [3.63, 3.8) is 0 Å². The number of nitrogens with zero attached hydrogens (tertiary/aromatic N) is 5. The van der Waals surface area contributed by atoms with E-state index in [1.807, 2.05) is 51.1 Å². The van der Waals surface area contributed by atoms with E-state index in [2.05, 4.69) is 20.4 Å². The Balaban J connectivity index is 1.48. The van der Waals surface area contributed by atoms with Gasteiger partial charge in [0.05, 0.1) is 11.0 Å². The lowest BCUT2D eigenvalue weighted by molar-refractivity contribution is -0.122. The van der Waals surface area contributed by atoms with Crippen molar-refractivity contribution in [3.8, 4) is 11.4 Å². The predicted molar refractivity (Wildman–Crippen MR) is 120 cm³/mol. The van der Waals surface area contributed by atoms with Crippen LogP contribution in [0.1, 0.15) is 39.1 Å². The normalized spacial score (nSPS) is 12.4. The van der Waals surface area contributed by atoms with Gasteiger partial charge in [0.2, 0.25) is 17.6 Å². The van der Waals surface area contributed by atoms with Gasteiger partial charge in [-0.3, -0.25) is 18.9 Å². The minimum Gasteiger partial charge on any atom is -0.344 e. The summed E-state index contributed by atoms with van der Waals surface area (Å²) in [5.74, 6) is 0.606. The number of para-hydroxylation sites is 2. The third-order valence-corrected chi connectivity index (χ3v) is 5.41. The minimum absolute atomic E-state index is 0.0332. The Bertz CT molecular complexity index is 1270. The van der Waals surface area contributed by atoms with Crippen LogP contribution in [0.25, 0.3) is 22.4 Å². The fourth-order valence-corrected chi connectivity index (χ4v) is 3.74. The maximum atomic E-state index is 12.8. The van der Waals surface area contributed by atoms with Crippen molar-refractivity contribution in [3.05, 3.63) is 65.2 Å². The van der Waals surface area contributed by atoms with E-state index < -0.39 is 6.04 Å². The van der Waals surface area contributed by atoms with E-state index in [0.717, 1.165) is 16.6 Å². The molecule has 0 saturated heterocycles. The van der Waals surface area contributed by atoms with Crippen LogP contribution in [0, 0.1) is 5.92 Å². The van der Waals surface area contributed by atoms with E-state index in [1.54, 1.807) is 27.6 Å². The van der Waals surface area contributed by atoms with Crippen molar-refractivity contribution in [1.29, 1.82) is 0 Å². The monoisotopic (exact) mass is 434 g/mol. The summed E-state index contributed by atoms with van der Waals surface area (Å²) in [7, 11) is 0. The van der Waals surface area contributed by atoms with Crippen molar-refractivity contribution < 1.29 is 9.32 Å². The number of rotatable bonds is 8. The Morgan fingerprint density at radius 3 is 2.53 bits per heavy atom. The number of benzene rings is 1. The van der Waals surface area contributed by atoms with E-state index in [4.69, 9.17) is 4.52 Å². The molecular formula is C23H26N6O3. The molecule has 0 unspecified atom stereocenters. The number of aryl methyl sites for hydroxylation is 2. The summed E-state index contributed by atoms with van der Waals surface area (Å²) in [6.45, 7) is 6.73. The highest BCUT2D eigenvalue weighted by molar-refractivity contribution is 5.78. The number of nitrogens with one attached hydrogen (secondary N) is 1. The number of fused-ring (bicyclic) bond motifs is 1. The van der Waals surface area contributed by atoms with Gasteiger partial charge in [-0.15, -0.1) is 0 Å². The molecule has 0 aliphatic heterocycles. The fraction of sp³-hybridized carbons (Fsp3) is 0.348. The van der Waals surface area contributed by atoms with E-state index in [-0.39, 0.29) is 30.5 Å². The summed E-state index contributed by atoms with van der Waals surface area (Å²) in [6, 6.07) is 10.8. The number of carbonyl (C=O) groups excluding carboxylic acids is 1. The molecule has 1 aromatic carbocycles. The summed E-state index contributed by atoms with van der Waals surface area (Å²) < 4.78 is 8.80. The van der Waals surface area contributed by atoms with Crippen LogP contribution >= 0.6 is 0 Å². The topological polar surface area (TPSA) is 108 Å². The van der Waals surface area contributed by atoms with Gasteiger partial charge in [0, 0.05) is 37.5 Å². The molecule has 0 aliphatic rings. The number of hydrogen-bond acceptors (Lipinski definition) is 6. The van der Waals surface area contributed by atoms with Crippen molar-refractivity contribution >= 4 is 16.9 Å². The molecular weight excluding hydrogens is 408 g/mol. The standard InChI is InChI=1S/C23H26N6O3/c1-4-28-17-9-5-6-10-18(17)29(23(28)31)13-11-19(30)25-20(15(2)3)22-26-21(27-32-22)16-8-7-12-24-14-16/h5-10,12,14-15,20H,4,11,13H2,1-3H3,(H,25,30)/t20-/m0/s1. The Kier molecular flexibility index (Phi) is 6.16. The molecule has 0 aliphatic carbocycles. The maximum absolute atomic E-state index is 12.8. The highest BCUT2D eigenvalue weighted by Crippen LogP contribution is 2.23. The van der Waals surface area contributed by atoms with Gasteiger partial charge in [-0.25, -0.2) is 4.79 Å². The number of pyridine rings is 1. The molecule has 1 amide bonds. The van der Waals surface area contributed by atoms with Crippen LogP contribution in [0.2, 0.25) is 0 Å². The molecule has 0 radical (unpaired) electrons. The van der Waals surface area contributed by atoms with Crippen LogP contribution in [-0.4, -0.2) is 30.2 Å². The molecule has 1 atom stereocenters. The van der Waals surface area contributed by atoms with Gasteiger partial charge < -0.3 is 9.84 Å². The maximum Gasteiger partial charge on any atom is 0.329 e. The summed E-state index contributed by atoms with van der Waals surface area (Å²) >= 11 is 0. The average Bonchev–Trinajstić information content (AvgIpc) is 3.39. The molecule has 4 aromatic rings. The van der Waals surface area contributed by atoms with Crippen molar-refractivity contribution in [1.82, 2.24) is 29.6 Å². The van der Waals surface area contributed by atoms with Crippen LogP contribution in [0.15, 0.2) is 58.1 Å². The average molecular weight is 435 g/mol. The Morgan fingerprint density at radius 1 is 1.12 bits per heavy atom. The predicted octanol–water partition coefficient (Wildman–Crippen LogP) is 3.17. The Morgan fingerprint density at radius 2 is 1.88 bits per heavy atom. The van der Waals surface area contributed by atoms with Crippen LogP contribution < -0.4 is 11.0 Å². The molecule has 9 nitrogen and oxygen atoms in total. The minimum atomic E-state index is -0.436. The molecule has 0 saturated carbocycles. The van der Waals surface area contributed by atoms with Crippen LogP contribution in [-0.2, 0) is 17.9 Å². The Hall–Kier alpha value is -3.75. The molecule has 9 heteroatoms. The molecule has 3 aromatic heterocycles. The lowest BCUT2D eigenvalue weighted by Crippen LogP contribution is -2.33. The largest absolute Gasteiger partial charge is 0.344 e. The summed E-state index contributed by atoms with van der Waals surface area (Å²) in [5.41, 5.74) is 2.32. The number of carbonyl (C=O) groups is 1. The third kappa shape index (κ3) is 4.18. The van der Waals surface area contributed by atoms with E-state index in [1.165, 1.54) is 0 Å².